The molecule has 0 radical (unpaired) electrons. The first-order valence-electron chi connectivity index (χ1n) is 7.96. The van der Waals surface area contributed by atoms with Crippen LogP contribution in [0, 0.1) is 0 Å². The zero-order valence-corrected chi connectivity index (χ0v) is 14.5. The maximum atomic E-state index is 12.5. The lowest BCUT2D eigenvalue weighted by molar-refractivity contribution is -0.152. The molecule has 0 aliphatic carbocycles. The molecule has 1 aliphatic rings. The Bertz CT molecular complexity index is 788. The van der Waals surface area contributed by atoms with Crippen LogP contribution in [0.2, 0.25) is 0 Å². The number of thiophene rings is 1. The quantitative estimate of drug-likeness (QED) is 0.830. The molecule has 2 aromatic rings. The minimum atomic E-state index is -0.905. The van der Waals surface area contributed by atoms with Crippen LogP contribution in [0.5, 0.6) is 0 Å². The van der Waals surface area contributed by atoms with Crippen LogP contribution in [0.4, 0.5) is 5.69 Å². The monoisotopic (exact) mass is 358 g/mol. The van der Waals surface area contributed by atoms with Gasteiger partial charge in [-0.2, -0.15) is 0 Å². The average Bonchev–Trinajstić information content (AvgIpc) is 3.28. The summed E-state index contributed by atoms with van der Waals surface area (Å²) in [5.41, 5.74) is 1.97. The van der Waals surface area contributed by atoms with Gasteiger partial charge in [0.15, 0.2) is 6.10 Å². The van der Waals surface area contributed by atoms with E-state index in [1.165, 1.54) is 11.3 Å². The van der Waals surface area contributed by atoms with Gasteiger partial charge in [0.1, 0.15) is 6.54 Å². The van der Waals surface area contributed by atoms with Gasteiger partial charge in [-0.3, -0.25) is 14.4 Å². The fourth-order valence-electron chi connectivity index (χ4n) is 2.72. The number of hydrogen-bond donors (Lipinski definition) is 1. The number of benzene rings is 1. The molecule has 7 heteroatoms. The summed E-state index contributed by atoms with van der Waals surface area (Å²) in [6, 6.07) is 11.1. The third kappa shape index (κ3) is 3.88. The van der Waals surface area contributed by atoms with Crippen molar-refractivity contribution >= 4 is 34.8 Å². The van der Waals surface area contributed by atoms with Gasteiger partial charge < -0.3 is 15.0 Å². The summed E-state index contributed by atoms with van der Waals surface area (Å²) >= 11 is 1.29. The van der Waals surface area contributed by atoms with E-state index in [2.05, 4.69) is 5.32 Å². The van der Waals surface area contributed by atoms with Crippen molar-refractivity contribution in [2.75, 3.05) is 18.0 Å². The molecule has 0 saturated carbocycles. The van der Waals surface area contributed by atoms with Crippen molar-refractivity contribution in [2.45, 2.75) is 19.4 Å². The maximum Gasteiger partial charge on any atom is 0.326 e. The summed E-state index contributed by atoms with van der Waals surface area (Å²) in [6.07, 6.45) is -0.114. The van der Waals surface area contributed by atoms with Crippen LogP contribution in [-0.2, 0) is 20.7 Å². The number of rotatable bonds is 5. The molecule has 2 amide bonds. The molecule has 1 aromatic carbocycles. The van der Waals surface area contributed by atoms with Crippen LogP contribution < -0.4 is 10.2 Å². The molecule has 3 rings (SSSR count). The first-order chi connectivity index (χ1) is 12.1. The van der Waals surface area contributed by atoms with E-state index < -0.39 is 12.1 Å². The van der Waals surface area contributed by atoms with Crippen LogP contribution >= 0.6 is 11.3 Å². The van der Waals surface area contributed by atoms with Gasteiger partial charge in [0, 0.05) is 12.2 Å². The second-order valence-electron chi connectivity index (χ2n) is 5.66. The van der Waals surface area contributed by atoms with E-state index in [-0.39, 0.29) is 18.4 Å². The van der Waals surface area contributed by atoms with Gasteiger partial charge in [-0.1, -0.05) is 24.3 Å². The lowest BCUT2D eigenvalue weighted by atomic mass is 10.2. The number of ether oxygens (including phenoxy) is 1. The zero-order chi connectivity index (χ0) is 17.8. The van der Waals surface area contributed by atoms with E-state index in [1.807, 2.05) is 24.3 Å². The molecule has 0 saturated heterocycles. The molecule has 0 fully saturated rings. The van der Waals surface area contributed by atoms with E-state index in [4.69, 9.17) is 4.74 Å². The van der Waals surface area contributed by atoms with E-state index in [0.29, 0.717) is 11.4 Å². The number of esters is 1. The van der Waals surface area contributed by atoms with Crippen molar-refractivity contribution < 1.29 is 19.1 Å². The molecule has 1 aromatic heterocycles. The smallest absolute Gasteiger partial charge is 0.326 e. The molecule has 25 heavy (non-hydrogen) atoms. The number of carbonyl (C=O) groups excluding carboxylic acids is 3. The normalized spacial score (nSPS) is 13.9. The average molecular weight is 358 g/mol. The number of hydrogen-bond acceptors (Lipinski definition) is 5. The number of para-hydroxylation sites is 1. The van der Waals surface area contributed by atoms with Crippen LogP contribution in [0.3, 0.4) is 0 Å². The number of fused-ring (bicyclic) bond motifs is 1. The lowest BCUT2D eigenvalue weighted by Crippen LogP contribution is -2.40. The number of nitrogens with one attached hydrogen (secondary N) is 1. The van der Waals surface area contributed by atoms with Gasteiger partial charge in [-0.25, -0.2) is 0 Å². The van der Waals surface area contributed by atoms with Gasteiger partial charge in [0.25, 0.3) is 11.8 Å². The summed E-state index contributed by atoms with van der Waals surface area (Å²) in [6.45, 7) is 1.85. The van der Waals surface area contributed by atoms with Gasteiger partial charge in [0.05, 0.1) is 4.88 Å². The topological polar surface area (TPSA) is 75.7 Å². The highest BCUT2D eigenvalue weighted by Gasteiger charge is 2.29. The maximum absolute atomic E-state index is 12.5. The number of anilines is 1. The minimum Gasteiger partial charge on any atom is -0.451 e. The highest BCUT2D eigenvalue weighted by atomic mass is 32.1. The van der Waals surface area contributed by atoms with E-state index in [1.54, 1.807) is 29.3 Å². The van der Waals surface area contributed by atoms with Gasteiger partial charge in [-0.05, 0) is 36.4 Å². The van der Waals surface area contributed by atoms with Crippen molar-refractivity contribution in [3.63, 3.8) is 0 Å². The minimum absolute atomic E-state index is 0.261. The third-order valence-electron chi connectivity index (χ3n) is 3.95. The molecule has 2 heterocycles. The van der Waals surface area contributed by atoms with Crippen LogP contribution in [-0.4, -0.2) is 37.0 Å². The summed E-state index contributed by atoms with van der Waals surface area (Å²) < 4.78 is 5.17. The molecular weight excluding hydrogens is 340 g/mol. The Balaban J connectivity index is 1.52. The first-order valence-corrected chi connectivity index (χ1v) is 8.84. The van der Waals surface area contributed by atoms with Gasteiger partial charge >= 0.3 is 5.97 Å². The van der Waals surface area contributed by atoms with Gasteiger partial charge in [0.2, 0.25) is 0 Å². The summed E-state index contributed by atoms with van der Waals surface area (Å²) in [7, 11) is 0. The lowest BCUT2D eigenvalue weighted by Gasteiger charge is -2.21. The zero-order valence-electron chi connectivity index (χ0n) is 13.7. The summed E-state index contributed by atoms with van der Waals surface area (Å²) in [5.74, 6) is -1.24. The molecule has 1 atom stereocenters. The Hall–Kier alpha value is -2.67. The molecule has 0 bridgehead atoms. The van der Waals surface area contributed by atoms with Crippen molar-refractivity contribution in [3.8, 4) is 0 Å². The van der Waals surface area contributed by atoms with E-state index >= 15 is 0 Å². The largest absolute Gasteiger partial charge is 0.451 e. The van der Waals surface area contributed by atoms with Crippen molar-refractivity contribution in [2.24, 2.45) is 0 Å². The highest BCUT2D eigenvalue weighted by Crippen LogP contribution is 2.28. The van der Waals surface area contributed by atoms with Crippen LogP contribution in [0.15, 0.2) is 41.8 Å². The predicted octanol–water partition coefficient (Wildman–Crippen LogP) is 2.00. The van der Waals surface area contributed by atoms with E-state index in [9.17, 15) is 14.4 Å². The predicted molar refractivity (Wildman–Crippen MR) is 94.7 cm³/mol. The molecule has 1 N–H and O–H groups in total. The molecule has 6 nitrogen and oxygen atoms in total. The Morgan fingerprint density at radius 1 is 1.24 bits per heavy atom. The Morgan fingerprint density at radius 2 is 2.04 bits per heavy atom. The Morgan fingerprint density at radius 3 is 2.80 bits per heavy atom. The van der Waals surface area contributed by atoms with Crippen LogP contribution in [0.1, 0.15) is 22.2 Å². The van der Waals surface area contributed by atoms with Crippen molar-refractivity contribution in [1.29, 1.82) is 0 Å². The summed E-state index contributed by atoms with van der Waals surface area (Å²) in [4.78, 5) is 38.4. The molecule has 1 aliphatic heterocycles. The second kappa shape index (κ2) is 7.48. The van der Waals surface area contributed by atoms with E-state index in [0.717, 1.165) is 17.7 Å². The van der Waals surface area contributed by atoms with Gasteiger partial charge in [-0.15, -0.1) is 11.3 Å². The molecule has 0 unspecified atom stereocenters. The number of amides is 2. The number of nitrogens with zero attached hydrogens (tertiary/aromatic N) is 1. The SMILES string of the molecule is C[C@H](OC(=O)CNC(=O)c1cccs1)C(=O)N1CCc2ccccc21. The van der Waals surface area contributed by atoms with Crippen molar-refractivity contribution in [3.05, 3.63) is 52.2 Å². The fraction of sp³-hybridized carbons (Fsp3) is 0.278. The molecular formula is C18H18N2O4S. The molecule has 130 valence electrons. The third-order valence-corrected chi connectivity index (χ3v) is 4.82. The first kappa shape index (κ1) is 17.2. The Labute approximate surface area is 149 Å². The highest BCUT2D eigenvalue weighted by molar-refractivity contribution is 7.12. The molecule has 0 spiro atoms. The fourth-order valence-corrected chi connectivity index (χ4v) is 3.36. The van der Waals surface area contributed by atoms with Crippen molar-refractivity contribution in [1.82, 2.24) is 5.32 Å². The number of carbonyl (C=O) groups is 3. The van der Waals surface area contributed by atoms with Crippen LogP contribution in [0.25, 0.3) is 0 Å². The standard InChI is InChI=1S/C18H18N2O4S/c1-12(18(23)20-9-8-13-5-2-3-6-14(13)20)24-16(21)11-19-17(22)15-7-4-10-25-15/h2-7,10,12H,8-9,11H2,1H3,(H,19,22)/t12-/m0/s1. The summed E-state index contributed by atoms with van der Waals surface area (Å²) in [5, 5.41) is 4.27. The Kier molecular flexibility index (Phi) is 5.14. The second-order valence-corrected chi connectivity index (χ2v) is 6.61.